The van der Waals surface area contributed by atoms with Crippen LogP contribution in [0.1, 0.15) is 31.0 Å². The maximum absolute atomic E-state index is 6.24. The van der Waals surface area contributed by atoms with Gasteiger partial charge in [0.25, 0.3) is 0 Å². The second-order valence-corrected chi connectivity index (χ2v) is 5.54. The molecule has 94 valence electrons. The minimum absolute atomic E-state index is 0.304. The van der Waals surface area contributed by atoms with Crippen LogP contribution in [0.4, 0.5) is 0 Å². The molecular weight excluding hydrogens is 314 g/mol. The molecule has 3 nitrogen and oxygen atoms in total. The molecule has 0 saturated carbocycles. The second-order valence-electron chi connectivity index (χ2n) is 4.33. The SMILES string of the molecule is Cc1nc(-c2ncccc2Br)nc(Cl)c1C(C)C. The zero-order valence-corrected chi connectivity index (χ0v) is 12.7. The highest BCUT2D eigenvalue weighted by Crippen LogP contribution is 2.29. The van der Waals surface area contributed by atoms with Gasteiger partial charge in [-0.15, -0.1) is 0 Å². The van der Waals surface area contributed by atoms with E-state index in [4.69, 9.17) is 11.6 Å². The molecule has 2 aromatic rings. The molecular formula is C13H13BrClN3. The first-order valence-electron chi connectivity index (χ1n) is 5.65. The molecule has 0 saturated heterocycles. The van der Waals surface area contributed by atoms with Crippen LogP contribution in [-0.4, -0.2) is 15.0 Å². The molecule has 0 radical (unpaired) electrons. The third kappa shape index (κ3) is 2.54. The fourth-order valence-electron chi connectivity index (χ4n) is 1.86. The molecule has 0 aliphatic rings. The summed E-state index contributed by atoms with van der Waals surface area (Å²) in [6, 6.07) is 3.76. The lowest BCUT2D eigenvalue weighted by Crippen LogP contribution is -2.02. The van der Waals surface area contributed by atoms with Crippen molar-refractivity contribution in [3.05, 3.63) is 39.2 Å². The predicted molar refractivity (Wildman–Crippen MR) is 76.8 cm³/mol. The summed E-state index contributed by atoms with van der Waals surface area (Å²) in [5.74, 6) is 0.855. The second kappa shape index (κ2) is 5.33. The van der Waals surface area contributed by atoms with Gasteiger partial charge >= 0.3 is 0 Å². The predicted octanol–water partition coefficient (Wildman–Crippen LogP) is 4.39. The van der Waals surface area contributed by atoms with Crippen LogP contribution in [0.5, 0.6) is 0 Å². The Kier molecular flexibility index (Phi) is 3.97. The van der Waals surface area contributed by atoms with Crippen molar-refractivity contribution in [1.82, 2.24) is 15.0 Å². The Morgan fingerprint density at radius 1 is 1.28 bits per heavy atom. The highest BCUT2D eigenvalue weighted by atomic mass is 79.9. The molecule has 0 aliphatic carbocycles. The Morgan fingerprint density at radius 3 is 2.56 bits per heavy atom. The fourth-order valence-corrected chi connectivity index (χ4v) is 2.73. The van der Waals surface area contributed by atoms with Gasteiger partial charge in [0.1, 0.15) is 10.8 Å². The molecule has 0 aromatic carbocycles. The molecule has 0 atom stereocenters. The van der Waals surface area contributed by atoms with Crippen molar-refractivity contribution < 1.29 is 0 Å². The minimum Gasteiger partial charge on any atom is -0.252 e. The van der Waals surface area contributed by atoms with E-state index < -0.39 is 0 Å². The molecule has 0 spiro atoms. The van der Waals surface area contributed by atoms with Crippen LogP contribution in [0.15, 0.2) is 22.8 Å². The van der Waals surface area contributed by atoms with Crippen molar-refractivity contribution in [3.63, 3.8) is 0 Å². The van der Waals surface area contributed by atoms with Gasteiger partial charge in [0.05, 0.1) is 0 Å². The van der Waals surface area contributed by atoms with Crippen molar-refractivity contribution in [3.8, 4) is 11.5 Å². The average Bonchev–Trinajstić information content (AvgIpc) is 2.27. The monoisotopic (exact) mass is 325 g/mol. The highest BCUT2D eigenvalue weighted by molar-refractivity contribution is 9.10. The lowest BCUT2D eigenvalue weighted by atomic mass is 10.0. The van der Waals surface area contributed by atoms with Crippen molar-refractivity contribution in [2.75, 3.05) is 0 Å². The van der Waals surface area contributed by atoms with E-state index in [1.807, 2.05) is 19.1 Å². The van der Waals surface area contributed by atoms with Gasteiger partial charge in [-0.25, -0.2) is 9.97 Å². The molecule has 2 rings (SSSR count). The lowest BCUT2D eigenvalue weighted by molar-refractivity contribution is 0.830. The van der Waals surface area contributed by atoms with Gasteiger partial charge in [-0.3, -0.25) is 4.98 Å². The van der Waals surface area contributed by atoms with Gasteiger partial charge in [0, 0.05) is 21.9 Å². The summed E-state index contributed by atoms with van der Waals surface area (Å²) in [7, 11) is 0. The van der Waals surface area contributed by atoms with Gasteiger partial charge in [-0.05, 0) is 40.9 Å². The summed E-state index contributed by atoms with van der Waals surface area (Å²) in [5.41, 5.74) is 2.60. The van der Waals surface area contributed by atoms with E-state index in [1.54, 1.807) is 6.20 Å². The van der Waals surface area contributed by atoms with Crippen molar-refractivity contribution >= 4 is 27.5 Å². The Labute approximate surface area is 120 Å². The number of halogens is 2. The minimum atomic E-state index is 0.304. The van der Waals surface area contributed by atoms with Crippen LogP contribution in [0, 0.1) is 6.92 Å². The number of aryl methyl sites for hydroxylation is 1. The summed E-state index contributed by atoms with van der Waals surface area (Å²) in [6.45, 7) is 6.10. The summed E-state index contributed by atoms with van der Waals surface area (Å²) >= 11 is 9.68. The summed E-state index contributed by atoms with van der Waals surface area (Å²) in [4.78, 5) is 13.1. The standard InChI is InChI=1S/C13H13BrClN3/c1-7(2)10-8(3)17-13(18-12(10)15)11-9(14)5-4-6-16-11/h4-7H,1-3H3. The molecule has 0 unspecified atom stereocenters. The summed E-state index contributed by atoms with van der Waals surface area (Å²) in [5, 5.41) is 0.505. The molecule has 18 heavy (non-hydrogen) atoms. The largest absolute Gasteiger partial charge is 0.252 e. The molecule has 0 aliphatic heterocycles. The number of pyridine rings is 1. The summed E-state index contributed by atoms with van der Waals surface area (Å²) < 4.78 is 0.859. The quantitative estimate of drug-likeness (QED) is 0.768. The van der Waals surface area contributed by atoms with E-state index in [1.165, 1.54) is 0 Å². The first kappa shape index (κ1) is 13.4. The Hall–Kier alpha value is -1.00. The Morgan fingerprint density at radius 2 is 2.00 bits per heavy atom. The molecule has 0 bridgehead atoms. The van der Waals surface area contributed by atoms with Gasteiger partial charge in [-0.1, -0.05) is 25.4 Å². The first-order valence-corrected chi connectivity index (χ1v) is 6.82. The van der Waals surface area contributed by atoms with E-state index in [-0.39, 0.29) is 0 Å². The molecule has 2 heterocycles. The van der Waals surface area contributed by atoms with Gasteiger partial charge in [-0.2, -0.15) is 0 Å². The van der Waals surface area contributed by atoms with E-state index in [2.05, 4.69) is 44.7 Å². The first-order chi connectivity index (χ1) is 8.50. The Bertz CT molecular complexity index is 561. The van der Waals surface area contributed by atoms with Gasteiger partial charge in [0.15, 0.2) is 5.82 Å². The van der Waals surface area contributed by atoms with E-state index in [0.29, 0.717) is 22.6 Å². The smallest absolute Gasteiger partial charge is 0.181 e. The van der Waals surface area contributed by atoms with E-state index in [0.717, 1.165) is 15.7 Å². The maximum Gasteiger partial charge on any atom is 0.181 e. The highest BCUT2D eigenvalue weighted by Gasteiger charge is 2.15. The zero-order chi connectivity index (χ0) is 13.3. The van der Waals surface area contributed by atoms with Crippen LogP contribution in [0.2, 0.25) is 5.15 Å². The molecule has 2 aromatic heterocycles. The molecule has 0 fully saturated rings. The number of aromatic nitrogens is 3. The van der Waals surface area contributed by atoms with Crippen molar-refractivity contribution in [1.29, 1.82) is 0 Å². The van der Waals surface area contributed by atoms with E-state index >= 15 is 0 Å². The number of hydrogen-bond donors (Lipinski definition) is 0. The molecule has 0 N–H and O–H groups in total. The van der Waals surface area contributed by atoms with Crippen molar-refractivity contribution in [2.24, 2.45) is 0 Å². The normalized spacial score (nSPS) is 11.0. The zero-order valence-electron chi connectivity index (χ0n) is 10.4. The topological polar surface area (TPSA) is 38.7 Å². The third-order valence-corrected chi connectivity index (χ3v) is 3.57. The summed E-state index contributed by atoms with van der Waals surface area (Å²) in [6.07, 6.45) is 1.71. The maximum atomic E-state index is 6.24. The molecule has 5 heteroatoms. The van der Waals surface area contributed by atoms with Crippen molar-refractivity contribution in [2.45, 2.75) is 26.7 Å². The number of rotatable bonds is 2. The fraction of sp³-hybridized carbons (Fsp3) is 0.308. The third-order valence-electron chi connectivity index (χ3n) is 2.64. The average molecular weight is 327 g/mol. The van der Waals surface area contributed by atoms with Gasteiger partial charge in [0.2, 0.25) is 0 Å². The van der Waals surface area contributed by atoms with E-state index in [9.17, 15) is 0 Å². The van der Waals surface area contributed by atoms with Crippen LogP contribution in [0.25, 0.3) is 11.5 Å². The van der Waals surface area contributed by atoms with Gasteiger partial charge < -0.3 is 0 Å². The Balaban J connectivity index is 2.59. The van der Waals surface area contributed by atoms with Crippen LogP contribution in [-0.2, 0) is 0 Å². The van der Waals surface area contributed by atoms with Crippen LogP contribution < -0.4 is 0 Å². The lowest BCUT2D eigenvalue weighted by Gasteiger charge is -2.12. The number of nitrogens with zero attached hydrogens (tertiary/aromatic N) is 3. The molecule has 0 amide bonds. The van der Waals surface area contributed by atoms with Crippen LogP contribution in [0.3, 0.4) is 0 Å². The number of hydrogen-bond acceptors (Lipinski definition) is 3. The van der Waals surface area contributed by atoms with Crippen LogP contribution >= 0.6 is 27.5 Å².